The zero-order valence-electron chi connectivity index (χ0n) is 26.2. The van der Waals surface area contributed by atoms with Crippen LogP contribution in [-0.4, -0.2) is 52.4 Å². The van der Waals surface area contributed by atoms with E-state index in [2.05, 4.69) is 41.5 Å². The molecule has 0 spiro atoms. The standard InChI is InChI=1S/3C10H20O2S.La/c3*1-9(2)6-4-3-5-7-13-8-10(11)12;/h3*9H,3-8H2,1-2H3,(H,11,12);/q;;;+3/p-3. The van der Waals surface area contributed by atoms with E-state index in [1.54, 1.807) is 0 Å². The topological polar surface area (TPSA) is 120 Å². The number of thioether (sulfide) groups is 3. The van der Waals surface area contributed by atoms with Crippen LogP contribution in [0.25, 0.3) is 0 Å². The number of hydrogen-bond acceptors (Lipinski definition) is 9. The minimum Gasteiger partial charge on any atom is -0.549 e. The zero-order chi connectivity index (χ0) is 30.3. The third-order valence-corrected chi connectivity index (χ3v) is 8.42. The van der Waals surface area contributed by atoms with Crippen molar-refractivity contribution < 1.29 is 65.3 Å². The number of carboxylic acid groups (broad SMARTS) is 3. The van der Waals surface area contributed by atoms with E-state index in [0.29, 0.717) is 0 Å². The van der Waals surface area contributed by atoms with Gasteiger partial charge in [-0.3, -0.25) is 0 Å². The molecule has 0 aromatic rings. The molecule has 0 unspecified atom stereocenters. The van der Waals surface area contributed by atoms with Gasteiger partial charge in [-0.05, 0) is 54.3 Å². The number of carbonyl (C=O) groups is 3. The summed E-state index contributed by atoms with van der Waals surface area (Å²) in [6, 6.07) is 0. The molecule has 234 valence electrons. The van der Waals surface area contributed by atoms with Gasteiger partial charge in [0.25, 0.3) is 0 Å². The van der Waals surface area contributed by atoms with E-state index < -0.39 is 17.9 Å². The van der Waals surface area contributed by atoms with Crippen molar-refractivity contribution in [2.24, 2.45) is 17.8 Å². The Morgan fingerprint density at radius 1 is 0.450 bits per heavy atom. The van der Waals surface area contributed by atoms with Crippen LogP contribution in [0.1, 0.15) is 119 Å². The first-order valence-electron chi connectivity index (χ1n) is 14.7. The first-order chi connectivity index (χ1) is 18.4. The first-order valence-corrected chi connectivity index (χ1v) is 18.2. The monoisotopic (exact) mass is 748 g/mol. The van der Waals surface area contributed by atoms with Crippen LogP contribution < -0.4 is 15.3 Å². The van der Waals surface area contributed by atoms with Crippen molar-refractivity contribution in [3.8, 4) is 0 Å². The van der Waals surface area contributed by atoms with Crippen molar-refractivity contribution in [2.45, 2.75) is 119 Å². The summed E-state index contributed by atoms with van der Waals surface area (Å²) >= 11 is 4.37. The predicted molar refractivity (Wildman–Crippen MR) is 167 cm³/mol. The van der Waals surface area contributed by atoms with E-state index in [4.69, 9.17) is 0 Å². The maximum atomic E-state index is 10.0. The van der Waals surface area contributed by atoms with Crippen LogP contribution in [0.15, 0.2) is 0 Å². The minimum atomic E-state index is -0.952. The van der Waals surface area contributed by atoms with E-state index in [1.165, 1.54) is 93.1 Å². The Bertz CT molecular complexity index is 487. The fourth-order valence-corrected chi connectivity index (χ4v) is 5.42. The van der Waals surface area contributed by atoms with Gasteiger partial charge in [0.05, 0.1) is 17.9 Å². The summed E-state index contributed by atoms with van der Waals surface area (Å²) in [4.78, 5) is 30.1. The third-order valence-electron chi connectivity index (χ3n) is 5.37. The molecule has 0 aliphatic rings. The maximum absolute atomic E-state index is 10.0. The molecule has 0 saturated carbocycles. The molecule has 0 N–H and O–H groups in total. The van der Waals surface area contributed by atoms with Crippen molar-refractivity contribution >= 4 is 53.2 Å². The van der Waals surface area contributed by atoms with Crippen LogP contribution in [0.4, 0.5) is 0 Å². The molecule has 0 saturated heterocycles. The summed E-state index contributed by atoms with van der Waals surface area (Å²) in [5.41, 5.74) is 0. The van der Waals surface area contributed by atoms with Gasteiger partial charge >= 0.3 is 35.6 Å². The molecule has 40 heavy (non-hydrogen) atoms. The Kier molecular flexibility index (Phi) is 44.8. The summed E-state index contributed by atoms with van der Waals surface area (Å²) in [6.45, 7) is 13.4. The van der Waals surface area contributed by atoms with E-state index in [-0.39, 0.29) is 52.9 Å². The molecule has 0 aliphatic heterocycles. The summed E-state index contributed by atoms with van der Waals surface area (Å²) in [6.07, 6.45) is 14.7. The summed E-state index contributed by atoms with van der Waals surface area (Å²) in [5.74, 6) is 2.79. The molecule has 0 aliphatic carbocycles. The number of carboxylic acids is 3. The van der Waals surface area contributed by atoms with Crippen LogP contribution in [0, 0.1) is 53.4 Å². The van der Waals surface area contributed by atoms with Crippen LogP contribution in [-0.2, 0) is 14.4 Å². The quantitative estimate of drug-likeness (QED) is 0.125. The van der Waals surface area contributed by atoms with Gasteiger partial charge in [-0.25, -0.2) is 0 Å². The van der Waals surface area contributed by atoms with Crippen LogP contribution in [0.3, 0.4) is 0 Å². The molecule has 0 fully saturated rings. The van der Waals surface area contributed by atoms with E-state index in [1.807, 2.05) is 0 Å². The average Bonchev–Trinajstić information content (AvgIpc) is 2.82. The SMILES string of the molecule is CC(C)CCCCCSCC(=O)[O-].CC(C)CCCCCSCC(=O)[O-].CC(C)CCCCCSCC(=O)[O-].[La+3]. The Hall–Kier alpha value is 0.655. The van der Waals surface area contributed by atoms with Crippen molar-refractivity contribution in [2.75, 3.05) is 34.5 Å². The predicted octanol–water partition coefficient (Wildman–Crippen LogP) is 5.06. The fourth-order valence-electron chi connectivity index (χ4n) is 3.27. The number of hydrogen-bond donors (Lipinski definition) is 0. The Morgan fingerprint density at radius 3 is 0.850 bits per heavy atom. The third kappa shape index (κ3) is 58.3. The number of rotatable bonds is 24. The zero-order valence-corrected chi connectivity index (χ0v) is 32.3. The largest absolute Gasteiger partial charge is 3.00 e. The van der Waals surface area contributed by atoms with Crippen molar-refractivity contribution in [1.29, 1.82) is 0 Å². The van der Waals surface area contributed by atoms with Crippen LogP contribution >= 0.6 is 35.3 Å². The van der Waals surface area contributed by atoms with E-state index >= 15 is 0 Å². The second-order valence-corrected chi connectivity index (χ2v) is 14.3. The van der Waals surface area contributed by atoms with Gasteiger partial charge in [0.2, 0.25) is 0 Å². The summed E-state index contributed by atoms with van der Waals surface area (Å²) < 4.78 is 0. The van der Waals surface area contributed by atoms with Crippen molar-refractivity contribution in [3.05, 3.63) is 0 Å². The molecule has 0 aromatic heterocycles. The van der Waals surface area contributed by atoms with E-state index in [0.717, 1.165) is 54.3 Å². The smallest absolute Gasteiger partial charge is 0.549 e. The number of aliphatic carboxylic acids is 3. The normalized spacial score (nSPS) is 10.4. The van der Waals surface area contributed by atoms with Gasteiger partial charge in [-0.2, -0.15) is 35.3 Å². The Labute approximate surface area is 287 Å². The second kappa shape index (κ2) is 37.7. The molecule has 10 heteroatoms. The Morgan fingerprint density at radius 2 is 0.675 bits per heavy atom. The molecule has 0 aromatic carbocycles. The molecule has 0 radical (unpaired) electrons. The first kappa shape index (κ1) is 47.6. The van der Waals surface area contributed by atoms with Gasteiger partial charge in [0.1, 0.15) is 0 Å². The van der Waals surface area contributed by atoms with Gasteiger partial charge in [0.15, 0.2) is 0 Å². The van der Waals surface area contributed by atoms with Crippen molar-refractivity contribution in [3.63, 3.8) is 0 Å². The van der Waals surface area contributed by atoms with Crippen LogP contribution in [0.5, 0.6) is 0 Å². The van der Waals surface area contributed by atoms with Crippen LogP contribution in [0.2, 0.25) is 0 Å². The molecule has 0 heterocycles. The minimum absolute atomic E-state index is 0. The molecule has 6 nitrogen and oxygen atoms in total. The molecule has 0 rings (SSSR count). The molecule has 0 amide bonds. The molecular formula is C30H57LaO6S3. The summed E-state index contributed by atoms with van der Waals surface area (Å²) in [5, 5.41) is 30.1. The second-order valence-electron chi connectivity index (χ2n) is 11.0. The Balaban J connectivity index is -0.000000240. The van der Waals surface area contributed by atoms with E-state index in [9.17, 15) is 29.7 Å². The summed E-state index contributed by atoms with van der Waals surface area (Å²) in [7, 11) is 0. The number of carbonyl (C=O) groups excluding carboxylic acids is 3. The fraction of sp³-hybridized carbons (Fsp3) is 0.900. The van der Waals surface area contributed by atoms with Crippen molar-refractivity contribution in [1.82, 2.24) is 0 Å². The molecular weight excluding hydrogens is 691 g/mol. The van der Waals surface area contributed by atoms with Gasteiger partial charge in [-0.15, -0.1) is 0 Å². The van der Waals surface area contributed by atoms with Gasteiger partial charge in [-0.1, -0.05) is 99.3 Å². The maximum Gasteiger partial charge on any atom is 3.00 e. The number of unbranched alkanes of at least 4 members (excludes halogenated alkanes) is 6. The average molecular weight is 749 g/mol. The molecule has 0 bridgehead atoms. The molecule has 0 atom stereocenters. The van der Waals surface area contributed by atoms with Gasteiger partial charge < -0.3 is 29.7 Å². The van der Waals surface area contributed by atoms with Gasteiger partial charge in [0, 0.05) is 17.3 Å².